The first-order valence-corrected chi connectivity index (χ1v) is 13.0. The minimum atomic E-state index is -4.53. The fourth-order valence-electron chi connectivity index (χ4n) is 7.45. The zero-order valence-corrected chi connectivity index (χ0v) is 21.1. The smallest absolute Gasteiger partial charge is 0.416 e. The molecule has 0 heterocycles. The number of carbonyl (C=O) groups is 1. The van der Waals surface area contributed by atoms with Crippen molar-refractivity contribution in [2.75, 3.05) is 0 Å². The van der Waals surface area contributed by atoms with Crippen LogP contribution in [0.25, 0.3) is 6.08 Å². The van der Waals surface area contributed by atoms with E-state index in [4.69, 9.17) is 4.74 Å². The Bertz CT molecular complexity index is 1240. The zero-order chi connectivity index (χ0) is 26.6. The molecule has 2 N–H and O–H groups in total. The first-order chi connectivity index (χ1) is 17.4. The lowest BCUT2D eigenvalue weighted by molar-refractivity contribution is -0.137. The number of fused-ring (bicyclic) bond motifs is 5. The molecule has 0 aromatic heterocycles. The number of aryl methyl sites for hydroxylation is 1. The molecule has 198 valence electrons. The van der Waals surface area contributed by atoms with Crippen LogP contribution in [0.15, 0.2) is 42.5 Å². The average Bonchev–Trinajstić information content (AvgIpc) is 3.12. The molecule has 4 nitrogen and oxygen atoms in total. The standard InChI is InChI=1S/C30H33F3O4/c1-18(35)37-22-5-7-23-20(16-22)4-6-25-24(23)10-12-28(2)27(25)11-14-29(28,36)13-9-21-15-19(17-34)3-8-26(21)30(31,32)33/h3,5,7-9,13,15-16,24-25,27,34,36H,4,6,10-12,14,17H2,1-2H3/b13-9+/t24?,25?,27?,28-,29-/m0/s1. The highest BCUT2D eigenvalue weighted by atomic mass is 19.4. The van der Waals surface area contributed by atoms with Gasteiger partial charge in [-0.3, -0.25) is 4.79 Å². The van der Waals surface area contributed by atoms with Gasteiger partial charge in [0.15, 0.2) is 0 Å². The van der Waals surface area contributed by atoms with Gasteiger partial charge in [-0.05, 0) is 103 Å². The highest BCUT2D eigenvalue weighted by Crippen LogP contribution is 2.64. The van der Waals surface area contributed by atoms with Crippen LogP contribution < -0.4 is 4.74 Å². The summed E-state index contributed by atoms with van der Waals surface area (Å²) < 4.78 is 46.2. The summed E-state index contributed by atoms with van der Waals surface area (Å²) in [6.45, 7) is 3.13. The van der Waals surface area contributed by atoms with Gasteiger partial charge in [0.1, 0.15) is 5.75 Å². The number of hydrogen-bond acceptors (Lipinski definition) is 4. The van der Waals surface area contributed by atoms with Crippen LogP contribution in [0.3, 0.4) is 0 Å². The first-order valence-electron chi connectivity index (χ1n) is 13.0. The molecule has 2 saturated carbocycles. The number of alkyl halides is 3. The molecule has 0 aliphatic heterocycles. The summed E-state index contributed by atoms with van der Waals surface area (Å²) >= 11 is 0. The number of aliphatic hydroxyl groups excluding tert-OH is 1. The summed E-state index contributed by atoms with van der Waals surface area (Å²) in [5.74, 6) is 1.22. The molecule has 5 rings (SSSR count). The minimum Gasteiger partial charge on any atom is -0.427 e. The van der Waals surface area contributed by atoms with E-state index in [1.165, 1.54) is 36.3 Å². The Kier molecular flexibility index (Phi) is 6.52. The summed E-state index contributed by atoms with van der Waals surface area (Å²) in [7, 11) is 0. The summed E-state index contributed by atoms with van der Waals surface area (Å²) in [5.41, 5.74) is 0.435. The third-order valence-electron chi connectivity index (χ3n) is 9.32. The van der Waals surface area contributed by atoms with Crippen molar-refractivity contribution in [3.05, 3.63) is 70.3 Å². The molecule has 37 heavy (non-hydrogen) atoms. The number of hydrogen-bond donors (Lipinski definition) is 2. The molecule has 0 amide bonds. The van der Waals surface area contributed by atoms with Gasteiger partial charge in [0.25, 0.3) is 0 Å². The molecule has 0 spiro atoms. The molecule has 3 aliphatic rings. The summed E-state index contributed by atoms with van der Waals surface area (Å²) in [6.07, 6.45) is 3.29. The Labute approximate surface area is 215 Å². The number of rotatable bonds is 4. The molecule has 0 bridgehead atoms. The predicted molar refractivity (Wildman–Crippen MR) is 134 cm³/mol. The number of halogens is 3. The van der Waals surface area contributed by atoms with Crippen LogP contribution in [0.4, 0.5) is 13.2 Å². The van der Waals surface area contributed by atoms with Gasteiger partial charge in [-0.1, -0.05) is 31.2 Å². The number of carbonyl (C=O) groups excluding carboxylic acids is 1. The lowest BCUT2D eigenvalue weighted by Gasteiger charge is -2.52. The van der Waals surface area contributed by atoms with Crippen molar-refractivity contribution < 1.29 is 32.9 Å². The maximum absolute atomic E-state index is 13.6. The monoisotopic (exact) mass is 514 g/mol. The van der Waals surface area contributed by atoms with Crippen LogP contribution >= 0.6 is 0 Å². The summed E-state index contributed by atoms with van der Waals surface area (Å²) in [6, 6.07) is 9.50. The highest BCUT2D eigenvalue weighted by Gasteiger charge is 2.60. The first kappa shape index (κ1) is 26.0. The van der Waals surface area contributed by atoms with Gasteiger partial charge in [0.05, 0.1) is 17.8 Å². The average molecular weight is 515 g/mol. The van der Waals surface area contributed by atoms with E-state index in [0.717, 1.165) is 38.2 Å². The van der Waals surface area contributed by atoms with E-state index >= 15 is 0 Å². The number of aliphatic hydroxyl groups is 2. The van der Waals surface area contributed by atoms with Gasteiger partial charge in [0, 0.05) is 12.3 Å². The second kappa shape index (κ2) is 9.28. The normalized spacial score (nSPS) is 31.1. The van der Waals surface area contributed by atoms with Gasteiger partial charge < -0.3 is 14.9 Å². The second-order valence-corrected chi connectivity index (χ2v) is 11.2. The van der Waals surface area contributed by atoms with Crippen LogP contribution in [-0.4, -0.2) is 21.8 Å². The van der Waals surface area contributed by atoms with Crippen LogP contribution in [0.2, 0.25) is 0 Å². The Balaban J connectivity index is 1.42. The van der Waals surface area contributed by atoms with E-state index in [-0.39, 0.29) is 24.1 Å². The van der Waals surface area contributed by atoms with Crippen molar-refractivity contribution in [1.29, 1.82) is 0 Å². The van der Waals surface area contributed by atoms with Gasteiger partial charge >= 0.3 is 12.1 Å². The number of benzene rings is 2. The van der Waals surface area contributed by atoms with Crippen molar-refractivity contribution in [2.24, 2.45) is 17.3 Å². The molecule has 5 atom stereocenters. The third kappa shape index (κ3) is 4.50. The molecule has 2 aromatic rings. The van der Waals surface area contributed by atoms with Crippen molar-refractivity contribution in [2.45, 2.75) is 76.7 Å². The molecule has 2 aromatic carbocycles. The lowest BCUT2D eigenvalue weighted by atomic mass is 9.53. The molecule has 0 saturated heterocycles. The van der Waals surface area contributed by atoms with Crippen LogP contribution in [0.5, 0.6) is 5.75 Å². The SMILES string of the molecule is CC(=O)Oc1ccc2c(c1)CCC1C2CC[C@@]2(C)C1CC[C@@]2(O)/C=C/c1cc(CO)ccc1C(F)(F)F. The quantitative estimate of drug-likeness (QED) is 0.365. The van der Waals surface area contributed by atoms with E-state index in [2.05, 4.69) is 13.0 Å². The maximum Gasteiger partial charge on any atom is 0.416 e. The summed E-state index contributed by atoms with van der Waals surface area (Å²) in [5, 5.41) is 21.3. The molecular formula is C30H33F3O4. The van der Waals surface area contributed by atoms with E-state index in [1.54, 1.807) is 6.08 Å². The highest BCUT2D eigenvalue weighted by molar-refractivity contribution is 5.69. The van der Waals surface area contributed by atoms with Crippen LogP contribution in [0.1, 0.15) is 79.7 Å². The maximum atomic E-state index is 13.6. The molecule has 7 heteroatoms. The van der Waals surface area contributed by atoms with Gasteiger partial charge in [-0.15, -0.1) is 0 Å². The van der Waals surface area contributed by atoms with Crippen molar-refractivity contribution in [3.8, 4) is 5.75 Å². The van der Waals surface area contributed by atoms with Crippen molar-refractivity contribution >= 4 is 12.0 Å². The minimum absolute atomic E-state index is 0.0385. The third-order valence-corrected chi connectivity index (χ3v) is 9.32. The van der Waals surface area contributed by atoms with E-state index in [0.29, 0.717) is 29.6 Å². The molecule has 3 aliphatic carbocycles. The number of esters is 1. The Morgan fingerprint density at radius 3 is 2.62 bits per heavy atom. The molecule has 2 fully saturated rings. The van der Waals surface area contributed by atoms with Crippen molar-refractivity contribution in [3.63, 3.8) is 0 Å². The van der Waals surface area contributed by atoms with Gasteiger partial charge in [-0.25, -0.2) is 0 Å². The Hall–Kier alpha value is -2.64. The van der Waals surface area contributed by atoms with Gasteiger partial charge in [-0.2, -0.15) is 13.2 Å². The van der Waals surface area contributed by atoms with E-state index in [9.17, 15) is 28.2 Å². The zero-order valence-electron chi connectivity index (χ0n) is 21.1. The van der Waals surface area contributed by atoms with Gasteiger partial charge in [0.2, 0.25) is 0 Å². The molecule has 3 unspecified atom stereocenters. The molecular weight excluding hydrogens is 481 g/mol. The second-order valence-electron chi connectivity index (χ2n) is 11.2. The topological polar surface area (TPSA) is 66.8 Å². The fourth-order valence-corrected chi connectivity index (χ4v) is 7.45. The number of ether oxygens (including phenoxy) is 1. The molecule has 0 radical (unpaired) electrons. The van der Waals surface area contributed by atoms with Crippen LogP contribution in [-0.2, 0) is 24.0 Å². The van der Waals surface area contributed by atoms with E-state index in [1.807, 2.05) is 12.1 Å². The summed E-state index contributed by atoms with van der Waals surface area (Å²) in [4.78, 5) is 11.4. The van der Waals surface area contributed by atoms with Crippen LogP contribution in [0, 0.1) is 17.3 Å². The largest absolute Gasteiger partial charge is 0.427 e. The Morgan fingerprint density at radius 2 is 1.92 bits per heavy atom. The lowest BCUT2D eigenvalue weighted by Crippen LogP contribution is -2.49. The van der Waals surface area contributed by atoms with Crippen molar-refractivity contribution in [1.82, 2.24) is 0 Å². The Morgan fingerprint density at radius 1 is 1.14 bits per heavy atom. The predicted octanol–water partition coefficient (Wildman–Crippen LogP) is 6.42. The fraction of sp³-hybridized carbons (Fsp3) is 0.500. The van der Waals surface area contributed by atoms with E-state index < -0.39 is 22.8 Å².